The number of Topliss-reactive ketones (excluding diaryl/α,β-unsaturated/α-hetero) is 1. The summed E-state index contributed by atoms with van der Waals surface area (Å²) in [6.07, 6.45) is 1.79. The van der Waals surface area contributed by atoms with Gasteiger partial charge in [0, 0.05) is 16.5 Å². The molecular weight excluding hydrogens is 344 g/mol. The van der Waals surface area contributed by atoms with Gasteiger partial charge in [-0.25, -0.2) is 0 Å². The Morgan fingerprint density at radius 2 is 1.92 bits per heavy atom. The minimum Gasteiger partial charge on any atom is -0.488 e. The van der Waals surface area contributed by atoms with E-state index in [2.05, 4.69) is 19.1 Å². The van der Waals surface area contributed by atoms with Crippen LogP contribution in [0.2, 0.25) is 0 Å². The molecule has 0 N–H and O–H groups in total. The molecule has 2 heterocycles. The highest BCUT2D eigenvalue weighted by atomic mass is 32.1. The van der Waals surface area contributed by atoms with E-state index in [0.29, 0.717) is 23.7 Å². The highest BCUT2D eigenvalue weighted by Crippen LogP contribution is 2.39. The molecule has 130 valence electrons. The number of carbonyl (C=O) groups excluding carboxylic acids is 1. The van der Waals surface area contributed by atoms with Gasteiger partial charge in [0.2, 0.25) is 5.78 Å². The minimum absolute atomic E-state index is 0.0815. The zero-order chi connectivity index (χ0) is 18.1. The zero-order valence-electron chi connectivity index (χ0n) is 14.6. The van der Waals surface area contributed by atoms with E-state index < -0.39 is 0 Å². The number of benzene rings is 2. The summed E-state index contributed by atoms with van der Waals surface area (Å²) in [7, 11) is 0. The fourth-order valence-electron chi connectivity index (χ4n) is 2.95. The molecule has 0 saturated carbocycles. The highest BCUT2D eigenvalue weighted by molar-refractivity contribution is 7.10. The van der Waals surface area contributed by atoms with E-state index in [1.54, 1.807) is 23.5 Å². The lowest BCUT2D eigenvalue weighted by Gasteiger charge is -2.12. The van der Waals surface area contributed by atoms with E-state index >= 15 is 0 Å². The van der Waals surface area contributed by atoms with Crippen molar-refractivity contribution in [3.8, 4) is 11.5 Å². The monoisotopic (exact) mass is 362 g/mol. The van der Waals surface area contributed by atoms with Crippen LogP contribution in [0.1, 0.15) is 31.9 Å². The third-order valence-electron chi connectivity index (χ3n) is 4.50. The van der Waals surface area contributed by atoms with Crippen LogP contribution in [-0.2, 0) is 6.61 Å². The fraction of sp³-hybridized carbons (Fsp3) is 0.136. The number of ketones is 1. The molecule has 4 rings (SSSR count). The Hall–Kier alpha value is -2.85. The van der Waals surface area contributed by atoms with Crippen LogP contribution < -0.4 is 9.47 Å². The third-order valence-corrected chi connectivity index (χ3v) is 5.32. The average Bonchev–Trinajstić information content (AvgIpc) is 3.26. The van der Waals surface area contributed by atoms with Gasteiger partial charge in [-0.05, 0) is 48.6 Å². The molecule has 0 spiro atoms. The number of hydrogen-bond acceptors (Lipinski definition) is 4. The summed E-state index contributed by atoms with van der Waals surface area (Å²) in [5.41, 5.74) is 3.77. The van der Waals surface area contributed by atoms with Gasteiger partial charge in [0.15, 0.2) is 5.76 Å². The second-order valence-corrected chi connectivity index (χ2v) is 7.22. The van der Waals surface area contributed by atoms with Crippen LogP contribution >= 0.6 is 11.3 Å². The highest BCUT2D eigenvalue weighted by Gasteiger charge is 2.30. The number of fused-ring (bicyclic) bond motifs is 1. The Bertz CT molecular complexity index is 1000. The van der Waals surface area contributed by atoms with Crippen molar-refractivity contribution in [2.75, 3.05) is 0 Å². The standard InChI is InChI=1S/C22H18O3S/c1-14-6-3-4-7-16(14)13-24-19-10-9-18-21(23)20(25-22(18)15(19)2)12-17-8-5-11-26-17/h3-12H,13H2,1-2H3/b20-12-. The number of thiophene rings is 1. The molecule has 0 amide bonds. The van der Waals surface area contributed by atoms with Crippen LogP contribution in [0.15, 0.2) is 59.7 Å². The Morgan fingerprint density at radius 1 is 1.08 bits per heavy atom. The normalized spacial score (nSPS) is 14.4. The van der Waals surface area contributed by atoms with E-state index in [0.717, 1.165) is 21.8 Å². The Labute approximate surface area is 156 Å². The molecule has 0 unspecified atom stereocenters. The number of allylic oxidation sites excluding steroid dienone is 1. The van der Waals surface area contributed by atoms with Crippen LogP contribution in [-0.4, -0.2) is 5.78 Å². The molecule has 4 heteroatoms. The number of rotatable bonds is 4. The summed E-state index contributed by atoms with van der Waals surface area (Å²) < 4.78 is 11.9. The average molecular weight is 362 g/mol. The van der Waals surface area contributed by atoms with Crippen molar-refractivity contribution in [2.45, 2.75) is 20.5 Å². The topological polar surface area (TPSA) is 35.5 Å². The number of carbonyl (C=O) groups is 1. The van der Waals surface area contributed by atoms with Gasteiger partial charge in [0.25, 0.3) is 0 Å². The quantitative estimate of drug-likeness (QED) is 0.570. The Balaban J connectivity index is 1.59. The maximum Gasteiger partial charge on any atom is 0.232 e. The minimum atomic E-state index is -0.0815. The molecule has 0 bridgehead atoms. The second-order valence-electron chi connectivity index (χ2n) is 6.24. The van der Waals surface area contributed by atoms with Gasteiger partial charge in [-0.15, -0.1) is 11.3 Å². The maximum absolute atomic E-state index is 12.6. The predicted octanol–water partition coefficient (Wildman–Crippen LogP) is 5.56. The lowest BCUT2D eigenvalue weighted by molar-refractivity contribution is 0.101. The van der Waals surface area contributed by atoms with Gasteiger partial charge in [-0.1, -0.05) is 30.3 Å². The molecule has 1 aliphatic rings. The van der Waals surface area contributed by atoms with E-state index in [9.17, 15) is 4.79 Å². The van der Waals surface area contributed by atoms with Crippen LogP contribution in [0.5, 0.6) is 11.5 Å². The van der Waals surface area contributed by atoms with Crippen molar-refractivity contribution in [2.24, 2.45) is 0 Å². The molecule has 0 atom stereocenters. The zero-order valence-corrected chi connectivity index (χ0v) is 15.4. The van der Waals surface area contributed by atoms with Gasteiger partial charge < -0.3 is 9.47 Å². The van der Waals surface area contributed by atoms with Crippen LogP contribution in [0.3, 0.4) is 0 Å². The molecule has 26 heavy (non-hydrogen) atoms. The van der Waals surface area contributed by atoms with E-state index in [4.69, 9.17) is 9.47 Å². The van der Waals surface area contributed by atoms with Crippen LogP contribution in [0.4, 0.5) is 0 Å². The van der Waals surface area contributed by atoms with Crippen molar-refractivity contribution < 1.29 is 14.3 Å². The summed E-state index contributed by atoms with van der Waals surface area (Å²) in [6, 6.07) is 15.7. The molecular formula is C22H18O3S. The van der Waals surface area contributed by atoms with Gasteiger partial charge in [0.1, 0.15) is 18.1 Å². The lowest BCUT2D eigenvalue weighted by Crippen LogP contribution is -2.00. The van der Waals surface area contributed by atoms with Crippen molar-refractivity contribution in [1.82, 2.24) is 0 Å². The molecule has 0 fully saturated rings. The summed E-state index contributed by atoms with van der Waals surface area (Å²) in [4.78, 5) is 13.6. The fourth-order valence-corrected chi connectivity index (χ4v) is 3.60. The van der Waals surface area contributed by atoms with Crippen molar-refractivity contribution in [3.05, 3.63) is 86.8 Å². The van der Waals surface area contributed by atoms with Crippen LogP contribution in [0.25, 0.3) is 6.08 Å². The van der Waals surface area contributed by atoms with Crippen molar-refractivity contribution >= 4 is 23.2 Å². The first kappa shape index (κ1) is 16.6. The van der Waals surface area contributed by atoms with Crippen LogP contribution in [0, 0.1) is 13.8 Å². The summed E-state index contributed by atoms with van der Waals surface area (Å²) in [6.45, 7) is 4.48. The van der Waals surface area contributed by atoms with Crippen molar-refractivity contribution in [3.63, 3.8) is 0 Å². The molecule has 2 aromatic carbocycles. The SMILES string of the molecule is Cc1ccccc1COc1ccc2c(c1C)O/C(=C\c1cccs1)C2=O. The lowest BCUT2D eigenvalue weighted by atomic mass is 10.1. The molecule has 3 nitrogen and oxygen atoms in total. The second kappa shape index (κ2) is 6.81. The number of ether oxygens (including phenoxy) is 2. The molecule has 1 aromatic heterocycles. The molecule has 0 aliphatic carbocycles. The first-order valence-corrected chi connectivity index (χ1v) is 9.30. The largest absolute Gasteiger partial charge is 0.488 e. The Morgan fingerprint density at radius 3 is 2.69 bits per heavy atom. The summed E-state index contributed by atoms with van der Waals surface area (Å²) >= 11 is 1.57. The predicted molar refractivity (Wildman–Crippen MR) is 104 cm³/mol. The van der Waals surface area contributed by atoms with E-state index in [1.807, 2.05) is 42.6 Å². The van der Waals surface area contributed by atoms with Gasteiger partial charge in [-0.3, -0.25) is 4.79 Å². The van der Waals surface area contributed by atoms with Crippen molar-refractivity contribution in [1.29, 1.82) is 0 Å². The first-order chi connectivity index (χ1) is 12.6. The number of aryl methyl sites for hydroxylation is 1. The number of hydrogen-bond donors (Lipinski definition) is 0. The van der Waals surface area contributed by atoms with E-state index in [-0.39, 0.29) is 5.78 Å². The molecule has 1 aliphatic heterocycles. The Kier molecular flexibility index (Phi) is 4.35. The van der Waals surface area contributed by atoms with Gasteiger partial charge in [0.05, 0.1) is 5.56 Å². The first-order valence-electron chi connectivity index (χ1n) is 8.42. The summed E-state index contributed by atoms with van der Waals surface area (Å²) in [5, 5.41) is 1.97. The molecule has 0 saturated heterocycles. The summed E-state index contributed by atoms with van der Waals surface area (Å²) in [5.74, 6) is 1.61. The van der Waals surface area contributed by atoms with E-state index in [1.165, 1.54) is 5.56 Å². The van der Waals surface area contributed by atoms with Gasteiger partial charge in [-0.2, -0.15) is 0 Å². The smallest absolute Gasteiger partial charge is 0.232 e. The molecule has 3 aromatic rings. The third kappa shape index (κ3) is 3.04. The van der Waals surface area contributed by atoms with Gasteiger partial charge >= 0.3 is 0 Å². The molecule has 0 radical (unpaired) electrons. The maximum atomic E-state index is 12.6.